The van der Waals surface area contributed by atoms with Crippen molar-refractivity contribution < 1.29 is 14.3 Å². The van der Waals surface area contributed by atoms with Gasteiger partial charge in [0.1, 0.15) is 11.9 Å². The summed E-state index contributed by atoms with van der Waals surface area (Å²) in [5, 5.41) is 0. The quantitative estimate of drug-likeness (QED) is 0.765. The molecule has 0 amide bonds. The Labute approximate surface area is 94.7 Å². The monoisotopic (exact) mass is 218 g/mol. The molecule has 0 saturated carbocycles. The van der Waals surface area contributed by atoms with Crippen LogP contribution in [0.15, 0.2) is 36.1 Å². The van der Waals surface area contributed by atoms with Crippen molar-refractivity contribution in [2.24, 2.45) is 0 Å². The first-order chi connectivity index (χ1) is 7.70. The van der Waals surface area contributed by atoms with Crippen molar-refractivity contribution in [3.05, 3.63) is 41.7 Å². The lowest BCUT2D eigenvalue weighted by molar-refractivity contribution is -0.119. The molecule has 3 nitrogen and oxygen atoms in total. The normalized spacial score (nSPS) is 20.0. The van der Waals surface area contributed by atoms with Crippen LogP contribution in [0.5, 0.6) is 5.75 Å². The summed E-state index contributed by atoms with van der Waals surface area (Å²) in [4.78, 5) is 11.5. The molecule has 1 unspecified atom stereocenters. The van der Waals surface area contributed by atoms with E-state index >= 15 is 0 Å². The van der Waals surface area contributed by atoms with Crippen LogP contribution in [0.4, 0.5) is 0 Å². The number of methoxy groups -OCH3 is 1. The van der Waals surface area contributed by atoms with Crippen LogP contribution >= 0.6 is 0 Å². The summed E-state index contributed by atoms with van der Waals surface area (Å²) in [5.41, 5.74) is 1.68. The molecule has 1 aromatic carbocycles. The van der Waals surface area contributed by atoms with Crippen molar-refractivity contribution in [1.82, 2.24) is 0 Å². The molecule has 0 N–H and O–H groups in total. The minimum absolute atomic E-state index is 0.145. The van der Waals surface area contributed by atoms with E-state index in [2.05, 4.69) is 0 Å². The van der Waals surface area contributed by atoms with Gasteiger partial charge in [0, 0.05) is 5.57 Å². The highest BCUT2D eigenvalue weighted by Gasteiger charge is 2.22. The molecule has 84 valence electrons. The average Bonchev–Trinajstić information content (AvgIpc) is 2.33. The molecule has 1 heterocycles. The summed E-state index contributed by atoms with van der Waals surface area (Å²) in [7, 11) is 1.63. The van der Waals surface area contributed by atoms with E-state index in [1.165, 1.54) is 0 Å². The Morgan fingerprint density at radius 1 is 1.31 bits per heavy atom. The smallest absolute Gasteiger partial charge is 0.165 e. The second-order valence-electron chi connectivity index (χ2n) is 3.83. The molecule has 1 atom stereocenters. The van der Waals surface area contributed by atoms with E-state index < -0.39 is 0 Å². The van der Waals surface area contributed by atoms with Gasteiger partial charge in [-0.3, -0.25) is 4.79 Å². The van der Waals surface area contributed by atoms with Gasteiger partial charge < -0.3 is 9.47 Å². The van der Waals surface area contributed by atoms with Crippen LogP contribution in [0.3, 0.4) is 0 Å². The molecular weight excluding hydrogens is 204 g/mol. The predicted molar refractivity (Wildman–Crippen MR) is 60.2 cm³/mol. The van der Waals surface area contributed by atoms with Crippen molar-refractivity contribution in [3.63, 3.8) is 0 Å². The van der Waals surface area contributed by atoms with Crippen LogP contribution in [0, 0.1) is 0 Å². The summed E-state index contributed by atoms with van der Waals surface area (Å²) in [6.45, 7) is 1.77. The average molecular weight is 218 g/mol. The maximum absolute atomic E-state index is 11.5. The van der Waals surface area contributed by atoms with Crippen LogP contribution in [0.25, 0.3) is 0 Å². The summed E-state index contributed by atoms with van der Waals surface area (Å²) >= 11 is 0. The molecule has 1 aliphatic rings. The van der Waals surface area contributed by atoms with E-state index in [9.17, 15) is 4.79 Å². The van der Waals surface area contributed by atoms with Gasteiger partial charge in [0.25, 0.3) is 0 Å². The van der Waals surface area contributed by atoms with Crippen LogP contribution in [-0.2, 0) is 9.53 Å². The van der Waals surface area contributed by atoms with E-state index in [0.717, 1.165) is 11.3 Å². The molecule has 1 aromatic rings. The van der Waals surface area contributed by atoms with Gasteiger partial charge in [0.05, 0.1) is 19.8 Å². The Bertz CT molecular complexity index is 417. The van der Waals surface area contributed by atoms with E-state index in [4.69, 9.17) is 9.47 Å². The topological polar surface area (TPSA) is 35.5 Å². The molecule has 2 rings (SSSR count). The lowest BCUT2D eigenvalue weighted by Crippen LogP contribution is -2.14. The number of carbonyl (C=O) groups excluding carboxylic acids is 1. The Morgan fingerprint density at radius 3 is 2.56 bits per heavy atom. The minimum atomic E-state index is -0.165. The molecule has 0 aromatic heterocycles. The molecular formula is C13H14O3. The van der Waals surface area contributed by atoms with Crippen molar-refractivity contribution in [2.75, 3.05) is 7.11 Å². The second-order valence-corrected chi connectivity index (χ2v) is 3.83. The molecule has 16 heavy (non-hydrogen) atoms. The van der Waals surface area contributed by atoms with Crippen molar-refractivity contribution in [1.29, 1.82) is 0 Å². The number of benzene rings is 1. The van der Waals surface area contributed by atoms with Gasteiger partial charge in [-0.2, -0.15) is 0 Å². The number of ketones is 1. The molecule has 0 fully saturated rings. The van der Waals surface area contributed by atoms with Gasteiger partial charge in [-0.1, -0.05) is 12.1 Å². The number of Topliss-reactive ketones (excluding diaryl/α,β-unsaturated/α-hetero) is 1. The summed E-state index contributed by atoms with van der Waals surface area (Å²) < 4.78 is 10.6. The van der Waals surface area contributed by atoms with Gasteiger partial charge in [0.2, 0.25) is 0 Å². The van der Waals surface area contributed by atoms with Crippen molar-refractivity contribution in [2.45, 2.75) is 19.4 Å². The minimum Gasteiger partial charge on any atom is -0.497 e. The molecule has 0 radical (unpaired) electrons. The van der Waals surface area contributed by atoms with E-state index in [0.29, 0.717) is 12.0 Å². The lowest BCUT2D eigenvalue weighted by Gasteiger charge is -2.21. The number of allylic oxidation sites excluding steroid dienone is 1. The molecule has 0 bridgehead atoms. The van der Waals surface area contributed by atoms with Crippen LogP contribution in [0.2, 0.25) is 0 Å². The number of hydrogen-bond donors (Lipinski definition) is 0. The Balaban J connectivity index is 2.16. The van der Waals surface area contributed by atoms with Gasteiger partial charge in [-0.15, -0.1) is 0 Å². The third kappa shape index (κ3) is 2.08. The maximum atomic E-state index is 11.5. The maximum Gasteiger partial charge on any atom is 0.165 e. The molecule has 1 aliphatic heterocycles. The number of hydrogen-bond acceptors (Lipinski definition) is 3. The van der Waals surface area contributed by atoms with Crippen molar-refractivity contribution >= 4 is 5.78 Å². The SMILES string of the molecule is COc1ccc(C2CC(=O)C(C)=CO2)cc1. The molecule has 0 spiro atoms. The Kier molecular flexibility index (Phi) is 2.95. The zero-order valence-corrected chi connectivity index (χ0v) is 9.40. The Hall–Kier alpha value is -1.77. The van der Waals surface area contributed by atoms with Gasteiger partial charge in [-0.25, -0.2) is 0 Å². The van der Waals surface area contributed by atoms with Crippen LogP contribution < -0.4 is 4.74 Å². The Morgan fingerprint density at radius 2 is 2.00 bits per heavy atom. The molecule has 0 aliphatic carbocycles. The van der Waals surface area contributed by atoms with Crippen LogP contribution in [0.1, 0.15) is 25.0 Å². The first kappa shape index (κ1) is 10.7. The summed E-state index contributed by atoms with van der Waals surface area (Å²) in [6, 6.07) is 7.58. The first-order valence-electron chi connectivity index (χ1n) is 5.20. The van der Waals surface area contributed by atoms with Gasteiger partial charge in [-0.05, 0) is 24.6 Å². The van der Waals surface area contributed by atoms with Crippen LogP contribution in [-0.4, -0.2) is 12.9 Å². The number of carbonyl (C=O) groups is 1. The largest absolute Gasteiger partial charge is 0.497 e. The number of ether oxygens (including phenoxy) is 2. The van der Waals surface area contributed by atoms with E-state index in [-0.39, 0.29) is 11.9 Å². The third-order valence-corrected chi connectivity index (χ3v) is 2.71. The van der Waals surface area contributed by atoms with E-state index in [1.54, 1.807) is 20.3 Å². The summed E-state index contributed by atoms with van der Waals surface area (Å²) in [5.74, 6) is 0.949. The first-order valence-corrected chi connectivity index (χ1v) is 5.20. The standard InChI is InChI=1S/C13H14O3/c1-9-8-16-13(7-12(9)14)10-3-5-11(15-2)6-4-10/h3-6,8,13H,7H2,1-2H3. The fraction of sp³-hybridized carbons (Fsp3) is 0.308. The van der Waals surface area contributed by atoms with Gasteiger partial charge >= 0.3 is 0 Å². The second kappa shape index (κ2) is 4.39. The summed E-state index contributed by atoms with van der Waals surface area (Å²) in [6.07, 6.45) is 1.79. The highest BCUT2D eigenvalue weighted by molar-refractivity contribution is 5.95. The molecule has 3 heteroatoms. The highest BCUT2D eigenvalue weighted by atomic mass is 16.5. The predicted octanol–water partition coefficient (Wildman–Crippen LogP) is 2.63. The zero-order chi connectivity index (χ0) is 11.5. The zero-order valence-electron chi connectivity index (χ0n) is 9.40. The lowest BCUT2D eigenvalue weighted by atomic mass is 9.99. The van der Waals surface area contributed by atoms with Crippen molar-refractivity contribution in [3.8, 4) is 5.75 Å². The highest BCUT2D eigenvalue weighted by Crippen LogP contribution is 2.28. The van der Waals surface area contributed by atoms with Gasteiger partial charge in [0.15, 0.2) is 5.78 Å². The fourth-order valence-corrected chi connectivity index (χ4v) is 1.64. The fourth-order valence-electron chi connectivity index (χ4n) is 1.64. The third-order valence-electron chi connectivity index (χ3n) is 2.71. The van der Waals surface area contributed by atoms with E-state index in [1.807, 2.05) is 24.3 Å². The number of rotatable bonds is 2. The molecule has 0 saturated heterocycles.